The average molecular weight is 415 g/mol. The van der Waals surface area contributed by atoms with Gasteiger partial charge in [-0.2, -0.15) is 0 Å². The third-order valence-corrected chi connectivity index (χ3v) is 7.01. The van der Waals surface area contributed by atoms with Gasteiger partial charge in [-0.3, -0.25) is 14.2 Å². The quantitative estimate of drug-likeness (QED) is 0.290. The number of rotatable bonds is 14. The van der Waals surface area contributed by atoms with E-state index in [1.165, 1.54) is 0 Å². The summed E-state index contributed by atoms with van der Waals surface area (Å²) in [6.45, 7) is 4.09. The maximum Gasteiger partial charge on any atom is 0.353 e. The van der Waals surface area contributed by atoms with Crippen molar-refractivity contribution in [3.63, 3.8) is 0 Å². The molecule has 0 spiro atoms. The molecule has 9 heteroatoms. The maximum absolute atomic E-state index is 12.0. The third kappa shape index (κ3) is 13.9. The summed E-state index contributed by atoms with van der Waals surface area (Å²) >= 11 is 2.08. The molecule has 0 bridgehead atoms. The van der Waals surface area contributed by atoms with E-state index in [9.17, 15) is 19.3 Å². The molecule has 0 saturated heterocycles. The minimum atomic E-state index is -4.61. The van der Waals surface area contributed by atoms with Crippen LogP contribution in [0.2, 0.25) is 0 Å². The number of carbonyl (C=O) groups is 2. The Balaban J connectivity index is 4.53. The molecule has 0 aliphatic carbocycles. The number of thioether (sulfide) groups is 2. The van der Waals surface area contributed by atoms with E-state index in [1.54, 1.807) is 0 Å². The van der Waals surface area contributed by atoms with Crippen molar-refractivity contribution in [1.82, 2.24) is 0 Å². The standard InChI is InChI=1S/C16H31O6PS2/c1-3-5-7-9-15(18)24-12-13(11-14(17)23(20,21)22)25-16(19)10-8-6-4-2/h13-14,17H,3-12H2,1-2H3,(H2,20,21,22). The molecule has 0 amide bonds. The molecule has 0 fully saturated rings. The highest BCUT2D eigenvalue weighted by Gasteiger charge is 2.30. The zero-order valence-corrected chi connectivity index (χ0v) is 17.6. The fraction of sp³-hybridized carbons (Fsp3) is 0.875. The highest BCUT2D eigenvalue weighted by Crippen LogP contribution is 2.43. The molecule has 148 valence electrons. The molecule has 0 radical (unpaired) electrons. The van der Waals surface area contributed by atoms with Gasteiger partial charge in [-0.25, -0.2) is 0 Å². The summed E-state index contributed by atoms with van der Waals surface area (Å²) in [6.07, 6.45) is 6.21. The SMILES string of the molecule is CCCCCC(=O)SCC(CC(O)P(=O)(O)O)SC(=O)CCCCC. The Labute approximate surface area is 159 Å². The lowest BCUT2D eigenvalue weighted by Crippen LogP contribution is -2.20. The Morgan fingerprint density at radius 3 is 1.96 bits per heavy atom. The Morgan fingerprint density at radius 2 is 1.48 bits per heavy atom. The molecular weight excluding hydrogens is 383 g/mol. The second-order valence-electron chi connectivity index (χ2n) is 6.01. The monoisotopic (exact) mass is 414 g/mol. The molecule has 3 N–H and O–H groups in total. The van der Waals surface area contributed by atoms with Gasteiger partial charge in [0.15, 0.2) is 16.1 Å². The van der Waals surface area contributed by atoms with Gasteiger partial charge in [0, 0.05) is 23.8 Å². The van der Waals surface area contributed by atoms with Gasteiger partial charge in [0.25, 0.3) is 0 Å². The summed E-state index contributed by atoms with van der Waals surface area (Å²) in [5.41, 5.74) is 0. The normalized spacial score (nSPS) is 14.3. The van der Waals surface area contributed by atoms with Crippen LogP contribution in [0.25, 0.3) is 0 Å². The van der Waals surface area contributed by atoms with Crippen molar-refractivity contribution in [1.29, 1.82) is 0 Å². The topological polar surface area (TPSA) is 112 Å². The maximum atomic E-state index is 12.0. The summed E-state index contributed by atoms with van der Waals surface area (Å²) < 4.78 is 11.2. The molecule has 0 aromatic carbocycles. The van der Waals surface area contributed by atoms with E-state index in [0.29, 0.717) is 12.8 Å². The van der Waals surface area contributed by atoms with Crippen LogP contribution < -0.4 is 0 Å². The molecular formula is C16H31O6PS2. The molecule has 0 aromatic rings. The zero-order chi connectivity index (χ0) is 19.3. The Bertz CT molecular complexity index is 440. The van der Waals surface area contributed by atoms with E-state index >= 15 is 0 Å². The lowest BCUT2D eigenvalue weighted by Gasteiger charge is -2.19. The van der Waals surface area contributed by atoms with Gasteiger partial charge in [-0.1, -0.05) is 63.1 Å². The van der Waals surface area contributed by atoms with Crippen LogP contribution in [0.1, 0.15) is 71.6 Å². The van der Waals surface area contributed by atoms with Gasteiger partial charge in [-0.15, -0.1) is 0 Å². The van der Waals surface area contributed by atoms with Crippen LogP contribution in [0.4, 0.5) is 0 Å². The molecule has 0 saturated carbocycles. The van der Waals surface area contributed by atoms with Gasteiger partial charge in [0.2, 0.25) is 0 Å². The first-order chi connectivity index (χ1) is 11.7. The summed E-state index contributed by atoms with van der Waals surface area (Å²) in [5.74, 6) is -1.53. The van der Waals surface area contributed by atoms with E-state index in [4.69, 9.17) is 9.79 Å². The Morgan fingerprint density at radius 1 is 0.960 bits per heavy atom. The van der Waals surface area contributed by atoms with Crippen LogP contribution in [0.3, 0.4) is 0 Å². The minimum Gasteiger partial charge on any atom is -0.380 e. The van der Waals surface area contributed by atoms with Crippen molar-refractivity contribution in [2.75, 3.05) is 5.75 Å². The van der Waals surface area contributed by atoms with Crippen LogP contribution in [0.5, 0.6) is 0 Å². The largest absolute Gasteiger partial charge is 0.380 e. The van der Waals surface area contributed by atoms with Crippen molar-refractivity contribution in [2.45, 2.75) is 82.7 Å². The number of carbonyl (C=O) groups excluding carboxylic acids is 2. The third-order valence-electron chi connectivity index (χ3n) is 3.56. The summed E-state index contributed by atoms with van der Waals surface area (Å²) in [4.78, 5) is 42.0. The molecule has 0 aliphatic heterocycles. The number of hydrogen-bond donors (Lipinski definition) is 3. The fourth-order valence-corrected chi connectivity index (χ4v) is 4.92. The highest BCUT2D eigenvalue weighted by molar-refractivity contribution is 8.17. The lowest BCUT2D eigenvalue weighted by atomic mass is 10.2. The van der Waals surface area contributed by atoms with Crippen LogP contribution in [-0.2, 0) is 14.2 Å². The van der Waals surface area contributed by atoms with Gasteiger partial charge in [-0.05, 0) is 19.3 Å². The number of aliphatic hydroxyl groups excluding tert-OH is 1. The Hall–Kier alpha value is 0.150. The summed E-state index contributed by atoms with van der Waals surface area (Å²) in [5, 5.41) is 9.11. The smallest absolute Gasteiger partial charge is 0.353 e. The molecule has 6 nitrogen and oxygen atoms in total. The van der Waals surface area contributed by atoms with Crippen molar-refractivity contribution in [3.8, 4) is 0 Å². The van der Waals surface area contributed by atoms with Crippen LogP contribution in [-0.4, -0.2) is 42.0 Å². The lowest BCUT2D eigenvalue weighted by molar-refractivity contribution is -0.111. The first-order valence-corrected chi connectivity index (χ1v) is 12.3. The van der Waals surface area contributed by atoms with Crippen LogP contribution >= 0.6 is 31.1 Å². The zero-order valence-electron chi connectivity index (χ0n) is 15.1. The van der Waals surface area contributed by atoms with Crippen LogP contribution in [0.15, 0.2) is 0 Å². The van der Waals surface area contributed by atoms with Gasteiger partial charge >= 0.3 is 7.60 Å². The van der Waals surface area contributed by atoms with E-state index in [2.05, 4.69) is 6.92 Å². The van der Waals surface area contributed by atoms with Gasteiger partial charge < -0.3 is 14.9 Å². The first-order valence-electron chi connectivity index (χ1n) is 8.79. The minimum absolute atomic E-state index is 0.0168. The average Bonchev–Trinajstić information content (AvgIpc) is 2.52. The van der Waals surface area contributed by atoms with E-state index in [1.807, 2.05) is 6.92 Å². The molecule has 0 rings (SSSR count). The summed E-state index contributed by atoms with van der Waals surface area (Å²) in [6, 6.07) is 0. The number of hydrogen-bond acceptors (Lipinski definition) is 6. The predicted molar refractivity (Wildman–Crippen MR) is 105 cm³/mol. The van der Waals surface area contributed by atoms with E-state index in [-0.39, 0.29) is 22.4 Å². The fourth-order valence-electron chi connectivity index (χ4n) is 2.06. The Kier molecular flexibility index (Phi) is 14.3. The predicted octanol–water partition coefficient (Wildman–Crippen LogP) is 3.92. The van der Waals surface area contributed by atoms with Crippen molar-refractivity contribution < 1.29 is 29.0 Å². The first kappa shape index (κ1) is 25.1. The number of unbranched alkanes of at least 4 members (excludes halogenated alkanes) is 4. The summed E-state index contributed by atoms with van der Waals surface area (Å²) in [7, 11) is -4.61. The van der Waals surface area contributed by atoms with Crippen molar-refractivity contribution >= 4 is 41.4 Å². The molecule has 0 aromatic heterocycles. The highest BCUT2D eigenvalue weighted by atomic mass is 32.2. The van der Waals surface area contributed by atoms with Crippen LogP contribution in [0, 0.1) is 0 Å². The van der Waals surface area contributed by atoms with Gasteiger partial charge in [0.05, 0.1) is 0 Å². The van der Waals surface area contributed by atoms with E-state index < -0.39 is 18.7 Å². The molecule has 0 aliphatic rings. The van der Waals surface area contributed by atoms with Crippen molar-refractivity contribution in [2.24, 2.45) is 0 Å². The van der Waals surface area contributed by atoms with Gasteiger partial charge in [0.1, 0.15) is 0 Å². The molecule has 25 heavy (non-hydrogen) atoms. The van der Waals surface area contributed by atoms with Crippen molar-refractivity contribution in [3.05, 3.63) is 0 Å². The molecule has 2 atom stereocenters. The molecule has 0 heterocycles. The second kappa shape index (κ2) is 14.2. The molecule has 2 unspecified atom stereocenters. The second-order valence-corrected chi connectivity index (χ2v) is 10.2. The number of aliphatic hydroxyl groups is 1. The van der Waals surface area contributed by atoms with E-state index in [0.717, 1.165) is 62.0 Å².